The van der Waals surface area contributed by atoms with Crippen molar-refractivity contribution in [1.82, 2.24) is 35.1 Å². The van der Waals surface area contributed by atoms with Crippen molar-refractivity contribution < 1.29 is 4.79 Å². The first-order chi connectivity index (χ1) is 12.3. The monoisotopic (exact) mass is 353 g/mol. The van der Waals surface area contributed by atoms with E-state index in [9.17, 15) is 4.79 Å². The third-order valence-corrected chi connectivity index (χ3v) is 4.28. The van der Waals surface area contributed by atoms with E-state index in [0.29, 0.717) is 17.9 Å². The van der Waals surface area contributed by atoms with Crippen LogP contribution in [0.1, 0.15) is 37.0 Å². The number of imidazole rings is 1. The lowest BCUT2D eigenvalue weighted by Crippen LogP contribution is -2.46. The van der Waals surface area contributed by atoms with Crippen LogP contribution in [-0.2, 0) is 6.54 Å². The van der Waals surface area contributed by atoms with Gasteiger partial charge in [0, 0.05) is 24.5 Å². The van der Waals surface area contributed by atoms with E-state index in [0.717, 1.165) is 5.69 Å². The number of benzene rings is 1. The van der Waals surface area contributed by atoms with Crippen molar-refractivity contribution in [1.29, 1.82) is 0 Å². The van der Waals surface area contributed by atoms with Crippen molar-refractivity contribution in [3.05, 3.63) is 54.4 Å². The van der Waals surface area contributed by atoms with Crippen molar-refractivity contribution in [3.8, 4) is 5.69 Å². The van der Waals surface area contributed by atoms with Crippen LogP contribution in [0.5, 0.6) is 0 Å². The van der Waals surface area contributed by atoms with E-state index in [1.165, 1.54) is 0 Å². The molecule has 0 saturated carbocycles. The molecule has 0 saturated heterocycles. The molecule has 1 N–H and O–H groups in total. The average Bonchev–Trinajstić information content (AvgIpc) is 3.25. The Hall–Kier alpha value is -3.03. The lowest BCUT2D eigenvalue weighted by Gasteiger charge is -2.31. The Balaban J connectivity index is 1.80. The molecule has 3 rings (SSSR count). The van der Waals surface area contributed by atoms with Crippen LogP contribution in [0.3, 0.4) is 0 Å². The van der Waals surface area contributed by atoms with Gasteiger partial charge in [-0.2, -0.15) is 4.68 Å². The Morgan fingerprint density at radius 3 is 2.73 bits per heavy atom. The molecule has 0 aliphatic rings. The molecule has 0 spiro atoms. The van der Waals surface area contributed by atoms with E-state index in [1.807, 2.05) is 29.8 Å². The largest absolute Gasteiger partial charge is 0.347 e. The summed E-state index contributed by atoms with van der Waals surface area (Å²) in [7, 11) is 0. The highest BCUT2D eigenvalue weighted by Gasteiger charge is 2.27. The Bertz CT molecular complexity index is 877. The lowest BCUT2D eigenvalue weighted by atomic mass is 9.86. The molecule has 1 amide bonds. The molecule has 8 nitrogen and oxygen atoms in total. The van der Waals surface area contributed by atoms with Gasteiger partial charge in [0.1, 0.15) is 0 Å². The fourth-order valence-corrected chi connectivity index (χ4v) is 2.63. The molecule has 2 heterocycles. The molecular weight excluding hydrogens is 330 g/mol. The fourth-order valence-electron chi connectivity index (χ4n) is 2.63. The SMILES string of the molecule is Cc1nnnn1-c1cccc(C(=O)N[C@H](Cn2ccnc2)C(C)(C)C)c1. The van der Waals surface area contributed by atoms with Crippen LogP contribution in [0, 0.1) is 12.3 Å². The summed E-state index contributed by atoms with van der Waals surface area (Å²) < 4.78 is 3.57. The van der Waals surface area contributed by atoms with Gasteiger partial charge >= 0.3 is 0 Å². The first-order valence-electron chi connectivity index (χ1n) is 8.46. The van der Waals surface area contributed by atoms with Gasteiger partial charge in [-0.1, -0.05) is 26.8 Å². The zero-order valence-corrected chi connectivity index (χ0v) is 15.4. The molecule has 1 atom stereocenters. The molecule has 0 bridgehead atoms. The number of rotatable bonds is 5. The van der Waals surface area contributed by atoms with E-state index in [4.69, 9.17) is 0 Å². The van der Waals surface area contributed by atoms with Crippen LogP contribution in [-0.4, -0.2) is 41.7 Å². The van der Waals surface area contributed by atoms with Crippen molar-refractivity contribution in [2.75, 3.05) is 0 Å². The number of aromatic nitrogens is 6. The summed E-state index contributed by atoms with van der Waals surface area (Å²) in [5.74, 6) is 0.535. The van der Waals surface area contributed by atoms with Gasteiger partial charge in [0.15, 0.2) is 5.82 Å². The Kier molecular flexibility index (Phi) is 4.83. The zero-order valence-electron chi connectivity index (χ0n) is 15.4. The van der Waals surface area contributed by atoms with Crippen LogP contribution < -0.4 is 5.32 Å². The third kappa shape index (κ3) is 3.96. The summed E-state index contributed by atoms with van der Waals surface area (Å²) in [6, 6.07) is 7.22. The Morgan fingerprint density at radius 1 is 1.31 bits per heavy atom. The summed E-state index contributed by atoms with van der Waals surface area (Å²) in [4.78, 5) is 16.9. The van der Waals surface area contributed by atoms with Gasteiger partial charge in [0.05, 0.1) is 18.1 Å². The molecular formula is C18H23N7O. The second-order valence-corrected chi connectivity index (χ2v) is 7.34. The molecule has 8 heteroatoms. The number of aryl methyl sites for hydroxylation is 1. The molecule has 26 heavy (non-hydrogen) atoms. The predicted octanol–water partition coefficient (Wildman–Crippen LogP) is 2.01. The Morgan fingerprint density at radius 2 is 2.12 bits per heavy atom. The number of carbonyl (C=O) groups is 1. The number of nitrogens with zero attached hydrogens (tertiary/aromatic N) is 6. The summed E-state index contributed by atoms with van der Waals surface area (Å²) in [6.45, 7) is 8.79. The molecule has 2 aromatic heterocycles. The summed E-state index contributed by atoms with van der Waals surface area (Å²) in [6.07, 6.45) is 5.39. The van der Waals surface area contributed by atoms with E-state index >= 15 is 0 Å². The van der Waals surface area contributed by atoms with Crippen molar-refractivity contribution in [3.63, 3.8) is 0 Å². The van der Waals surface area contributed by atoms with Gasteiger partial charge in [0.25, 0.3) is 5.91 Å². The molecule has 1 aromatic carbocycles. The first kappa shape index (κ1) is 17.8. The van der Waals surface area contributed by atoms with E-state index < -0.39 is 0 Å². The summed E-state index contributed by atoms with van der Waals surface area (Å²) in [5.41, 5.74) is 1.21. The third-order valence-electron chi connectivity index (χ3n) is 4.28. The van der Waals surface area contributed by atoms with Crippen molar-refractivity contribution >= 4 is 5.91 Å². The lowest BCUT2D eigenvalue weighted by molar-refractivity contribution is 0.0892. The van der Waals surface area contributed by atoms with E-state index in [2.05, 4.69) is 46.6 Å². The van der Waals surface area contributed by atoms with E-state index in [-0.39, 0.29) is 17.4 Å². The Labute approximate surface area is 152 Å². The summed E-state index contributed by atoms with van der Waals surface area (Å²) >= 11 is 0. The quantitative estimate of drug-likeness (QED) is 0.758. The smallest absolute Gasteiger partial charge is 0.251 e. The first-order valence-corrected chi connectivity index (χ1v) is 8.46. The van der Waals surface area contributed by atoms with Gasteiger partial charge < -0.3 is 9.88 Å². The maximum atomic E-state index is 12.8. The molecule has 0 fully saturated rings. The number of amides is 1. The molecule has 3 aromatic rings. The molecule has 0 radical (unpaired) electrons. The van der Waals surface area contributed by atoms with Crippen LogP contribution >= 0.6 is 0 Å². The topological polar surface area (TPSA) is 90.5 Å². The molecule has 0 aliphatic heterocycles. The molecule has 136 valence electrons. The molecule has 0 unspecified atom stereocenters. The van der Waals surface area contributed by atoms with Gasteiger partial charge in [-0.3, -0.25) is 4.79 Å². The zero-order chi connectivity index (χ0) is 18.7. The minimum absolute atomic E-state index is 0.0531. The minimum Gasteiger partial charge on any atom is -0.347 e. The normalized spacial score (nSPS) is 12.8. The number of hydrogen-bond acceptors (Lipinski definition) is 5. The van der Waals surface area contributed by atoms with Crippen molar-refractivity contribution in [2.24, 2.45) is 5.41 Å². The standard InChI is InChI=1S/C18H23N7O/c1-13-21-22-23-25(13)15-7-5-6-14(10-15)17(26)20-16(18(2,3)4)11-24-9-8-19-12-24/h5-10,12,16H,11H2,1-4H3,(H,20,26)/t16-/m1/s1. The number of nitrogens with one attached hydrogen (secondary N) is 1. The number of carbonyl (C=O) groups excluding carboxylic acids is 1. The van der Waals surface area contributed by atoms with Crippen LogP contribution in [0.4, 0.5) is 0 Å². The summed E-state index contributed by atoms with van der Waals surface area (Å²) in [5, 5.41) is 14.6. The van der Waals surface area contributed by atoms with Crippen LogP contribution in [0.2, 0.25) is 0 Å². The number of hydrogen-bond donors (Lipinski definition) is 1. The van der Waals surface area contributed by atoms with Gasteiger partial charge in [0.2, 0.25) is 0 Å². The van der Waals surface area contributed by atoms with Crippen LogP contribution in [0.15, 0.2) is 43.0 Å². The van der Waals surface area contributed by atoms with Gasteiger partial charge in [-0.15, -0.1) is 5.10 Å². The fraction of sp³-hybridized carbons (Fsp3) is 0.389. The average molecular weight is 353 g/mol. The highest BCUT2D eigenvalue weighted by molar-refractivity contribution is 5.95. The second kappa shape index (κ2) is 7.07. The van der Waals surface area contributed by atoms with E-state index in [1.54, 1.807) is 29.3 Å². The minimum atomic E-state index is -0.127. The second-order valence-electron chi connectivity index (χ2n) is 7.34. The maximum absolute atomic E-state index is 12.8. The van der Waals surface area contributed by atoms with Crippen LogP contribution in [0.25, 0.3) is 5.69 Å². The number of tetrazole rings is 1. The molecule has 0 aliphatic carbocycles. The van der Waals surface area contributed by atoms with Gasteiger partial charge in [-0.25, -0.2) is 4.98 Å². The maximum Gasteiger partial charge on any atom is 0.251 e. The highest BCUT2D eigenvalue weighted by Crippen LogP contribution is 2.21. The van der Waals surface area contributed by atoms with Gasteiger partial charge in [-0.05, 0) is 41.0 Å². The highest BCUT2D eigenvalue weighted by atomic mass is 16.1. The van der Waals surface area contributed by atoms with Crippen molar-refractivity contribution in [2.45, 2.75) is 40.3 Å². The predicted molar refractivity (Wildman–Crippen MR) is 96.8 cm³/mol.